The molecule has 0 radical (unpaired) electrons. The zero-order valence-electron chi connectivity index (χ0n) is 10.0. The average Bonchev–Trinajstić information content (AvgIpc) is 2.21. The van der Waals surface area contributed by atoms with Crippen LogP contribution in [0.25, 0.3) is 0 Å². The summed E-state index contributed by atoms with van der Waals surface area (Å²) in [6, 6.07) is 0. The quantitative estimate of drug-likeness (QED) is 0.699. The molecule has 4 aliphatic carbocycles. The lowest BCUT2D eigenvalue weighted by molar-refractivity contribution is -0.0353. The van der Waals surface area contributed by atoms with Crippen molar-refractivity contribution in [1.29, 1.82) is 0 Å². The third-order valence-electron chi connectivity index (χ3n) is 5.23. The van der Waals surface area contributed by atoms with Crippen LogP contribution in [0.2, 0.25) is 0 Å². The summed E-state index contributed by atoms with van der Waals surface area (Å²) in [7, 11) is 0. The highest BCUT2D eigenvalue weighted by Crippen LogP contribution is 2.56. The standard InChI is InChI=1S/C14H25N/c1-2-3-15-9-14-12-5-10-4-11(7-12)8-13(14)6-10/h10-15H,2-9H2,1H3. The molecule has 4 bridgehead atoms. The Bertz CT molecular complexity index is 195. The Balaban J connectivity index is 1.60. The van der Waals surface area contributed by atoms with Gasteiger partial charge in [0.05, 0.1) is 0 Å². The van der Waals surface area contributed by atoms with Gasteiger partial charge in [0.1, 0.15) is 0 Å². The molecule has 4 rings (SSSR count). The molecular formula is C14H25N. The van der Waals surface area contributed by atoms with E-state index in [9.17, 15) is 0 Å². The molecule has 0 aromatic carbocycles. The molecule has 4 aliphatic rings. The van der Waals surface area contributed by atoms with Gasteiger partial charge in [-0.2, -0.15) is 0 Å². The molecule has 0 atom stereocenters. The first-order chi connectivity index (χ1) is 7.36. The summed E-state index contributed by atoms with van der Waals surface area (Å²) < 4.78 is 0. The molecule has 0 aromatic rings. The molecule has 1 nitrogen and oxygen atoms in total. The van der Waals surface area contributed by atoms with Crippen molar-refractivity contribution < 1.29 is 0 Å². The number of hydrogen-bond acceptors (Lipinski definition) is 1. The molecular weight excluding hydrogens is 182 g/mol. The van der Waals surface area contributed by atoms with Crippen LogP contribution >= 0.6 is 0 Å². The van der Waals surface area contributed by atoms with Gasteiger partial charge in [-0.3, -0.25) is 0 Å². The van der Waals surface area contributed by atoms with Crippen LogP contribution in [0.4, 0.5) is 0 Å². The van der Waals surface area contributed by atoms with Crippen LogP contribution in [-0.2, 0) is 0 Å². The van der Waals surface area contributed by atoms with Crippen LogP contribution in [0, 0.1) is 29.6 Å². The Kier molecular flexibility index (Phi) is 2.76. The number of rotatable bonds is 4. The maximum Gasteiger partial charge on any atom is -0.00152 e. The molecule has 0 aliphatic heterocycles. The van der Waals surface area contributed by atoms with Crippen LogP contribution in [0.1, 0.15) is 45.4 Å². The van der Waals surface area contributed by atoms with Crippen LogP contribution < -0.4 is 5.32 Å². The van der Waals surface area contributed by atoms with Gasteiger partial charge in [0.15, 0.2) is 0 Å². The largest absolute Gasteiger partial charge is 0.316 e. The van der Waals surface area contributed by atoms with E-state index in [4.69, 9.17) is 0 Å². The molecule has 0 heterocycles. The second-order valence-electron chi connectivity index (χ2n) is 6.30. The Morgan fingerprint density at radius 3 is 2.07 bits per heavy atom. The summed E-state index contributed by atoms with van der Waals surface area (Å²) in [5.74, 6) is 5.52. The Labute approximate surface area is 94.0 Å². The fraction of sp³-hybridized carbons (Fsp3) is 1.00. The van der Waals surface area contributed by atoms with Gasteiger partial charge in [-0.25, -0.2) is 0 Å². The second kappa shape index (κ2) is 4.08. The molecule has 0 spiro atoms. The van der Waals surface area contributed by atoms with Crippen LogP contribution in [0.15, 0.2) is 0 Å². The first-order valence-electron chi connectivity index (χ1n) is 7.07. The maximum atomic E-state index is 3.66. The molecule has 86 valence electrons. The molecule has 4 saturated carbocycles. The van der Waals surface area contributed by atoms with Gasteiger partial charge >= 0.3 is 0 Å². The zero-order chi connectivity index (χ0) is 10.3. The van der Waals surface area contributed by atoms with Crippen molar-refractivity contribution in [3.63, 3.8) is 0 Å². The van der Waals surface area contributed by atoms with Crippen molar-refractivity contribution in [3.05, 3.63) is 0 Å². The minimum atomic E-state index is 1.05. The van der Waals surface area contributed by atoms with Crippen molar-refractivity contribution >= 4 is 0 Å². The topological polar surface area (TPSA) is 12.0 Å². The lowest BCUT2D eigenvalue weighted by atomic mass is 9.52. The minimum absolute atomic E-state index is 1.05. The predicted molar refractivity (Wildman–Crippen MR) is 63.7 cm³/mol. The Morgan fingerprint density at radius 2 is 1.53 bits per heavy atom. The van der Waals surface area contributed by atoms with Crippen molar-refractivity contribution in [2.75, 3.05) is 13.1 Å². The molecule has 0 saturated heterocycles. The first-order valence-corrected chi connectivity index (χ1v) is 7.07. The van der Waals surface area contributed by atoms with Crippen LogP contribution in [0.5, 0.6) is 0 Å². The van der Waals surface area contributed by atoms with Crippen molar-refractivity contribution in [2.24, 2.45) is 29.6 Å². The van der Waals surface area contributed by atoms with Crippen molar-refractivity contribution in [3.8, 4) is 0 Å². The summed E-state index contributed by atoms with van der Waals surface area (Å²) >= 11 is 0. The third-order valence-corrected chi connectivity index (χ3v) is 5.23. The number of nitrogens with one attached hydrogen (secondary N) is 1. The molecule has 15 heavy (non-hydrogen) atoms. The first kappa shape index (κ1) is 10.1. The summed E-state index contributed by atoms with van der Waals surface area (Å²) in [6.07, 6.45) is 9.17. The SMILES string of the molecule is CCCNCC1C2CC3CC(C2)CC1C3. The van der Waals surface area contributed by atoms with E-state index in [1.54, 1.807) is 32.1 Å². The minimum Gasteiger partial charge on any atom is -0.316 e. The monoisotopic (exact) mass is 207 g/mol. The van der Waals surface area contributed by atoms with E-state index in [1.807, 2.05) is 0 Å². The lowest BCUT2D eigenvalue weighted by Gasteiger charge is -2.54. The second-order valence-corrected chi connectivity index (χ2v) is 6.30. The van der Waals surface area contributed by atoms with Gasteiger partial charge in [-0.1, -0.05) is 6.92 Å². The van der Waals surface area contributed by atoms with E-state index in [2.05, 4.69) is 12.2 Å². The van der Waals surface area contributed by atoms with E-state index in [-0.39, 0.29) is 0 Å². The van der Waals surface area contributed by atoms with E-state index < -0.39 is 0 Å². The van der Waals surface area contributed by atoms with Gasteiger partial charge in [0.25, 0.3) is 0 Å². The van der Waals surface area contributed by atoms with E-state index >= 15 is 0 Å². The maximum absolute atomic E-state index is 3.66. The van der Waals surface area contributed by atoms with Crippen LogP contribution in [0.3, 0.4) is 0 Å². The zero-order valence-corrected chi connectivity index (χ0v) is 10.0. The van der Waals surface area contributed by atoms with Gasteiger partial charge in [-0.15, -0.1) is 0 Å². The molecule has 1 heteroatoms. The smallest absolute Gasteiger partial charge is 0.00152 e. The average molecular weight is 207 g/mol. The normalized spacial score (nSPS) is 47.4. The molecule has 0 aromatic heterocycles. The van der Waals surface area contributed by atoms with Gasteiger partial charge < -0.3 is 5.32 Å². The highest BCUT2D eigenvalue weighted by atomic mass is 14.9. The molecule has 0 amide bonds. The van der Waals surface area contributed by atoms with E-state index in [0.717, 1.165) is 29.6 Å². The van der Waals surface area contributed by atoms with Gasteiger partial charge in [-0.05, 0) is 81.2 Å². The lowest BCUT2D eigenvalue weighted by Crippen LogP contribution is -2.48. The van der Waals surface area contributed by atoms with Crippen molar-refractivity contribution in [1.82, 2.24) is 5.32 Å². The molecule has 0 unspecified atom stereocenters. The fourth-order valence-corrected chi connectivity index (χ4v) is 4.82. The summed E-state index contributed by atoms with van der Waals surface area (Å²) in [5, 5.41) is 3.66. The third kappa shape index (κ3) is 1.84. The summed E-state index contributed by atoms with van der Waals surface area (Å²) in [4.78, 5) is 0. The highest BCUT2D eigenvalue weighted by Gasteiger charge is 2.47. The van der Waals surface area contributed by atoms with Gasteiger partial charge in [0.2, 0.25) is 0 Å². The summed E-state index contributed by atoms with van der Waals surface area (Å²) in [6.45, 7) is 4.81. The van der Waals surface area contributed by atoms with E-state index in [0.29, 0.717) is 0 Å². The Morgan fingerprint density at radius 1 is 0.933 bits per heavy atom. The molecule has 1 N–H and O–H groups in total. The summed E-state index contributed by atoms with van der Waals surface area (Å²) in [5.41, 5.74) is 0. The van der Waals surface area contributed by atoms with Gasteiger partial charge in [0, 0.05) is 0 Å². The Hall–Kier alpha value is -0.0400. The van der Waals surface area contributed by atoms with E-state index in [1.165, 1.54) is 19.5 Å². The molecule has 4 fully saturated rings. The highest BCUT2D eigenvalue weighted by molar-refractivity contribution is 4.98. The van der Waals surface area contributed by atoms with Crippen LogP contribution in [-0.4, -0.2) is 13.1 Å². The predicted octanol–water partition coefficient (Wildman–Crippen LogP) is 3.06. The number of hydrogen-bond donors (Lipinski definition) is 1. The van der Waals surface area contributed by atoms with Crippen molar-refractivity contribution in [2.45, 2.75) is 45.4 Å². The fourth-order valence-electron chi connectivity index (χ4n) is 4.82.